The molecule has 2 aromatic rings. The minimum absolute atomic E-state index is 0. The van der Waals surface area contributed by atoms with Crippen LogP contribution in [0.25, 0.3) is 11.5 Å². The number of fused-ring (bicyclic) bond motifs is 1. The minimum atomic E-state index is 0. The zero-order chi connectivity index (χ0) is 14.1. The lowest BCUT2D eigenvalue weighted by atomic mass is 10.4. The lowest BCUT2D eigenvalue weighted by Gasteiger charge is -2.25. The zero-order valence-electron chi connectivity index (χ0n) is 12.2. The Labute approximate surface area is 139 Å². The van der Waals surface area contributed by atoms with E-state index in [-0.39, 0.29) is 12.4 Å². The second kappa shape index (κ2) is 6.91. The minimum Gasteiger partial charge on any atom is -0.378 e. The average Bonchev–Trinajstić information content (AvgIpc) is 3.10. The van der Waals surface area contributed by atoms with Gasteiger partial charge < -0.3 is 19.5 Å². The van der Waals surface area contributed by atoms with Crippen LogP contribution in [0.5, 0.6) is 0 Å². The zero-order valence-corrected chi connectivity index (χ0v) is 13.8. The lowest BCUT2D eigenvalue weighted by molar-refractivity contribution is 0.122. The van der Waals surface area contributed by atoms with E-state index in [1.807, 2.05) is 0 Å². The number of morpholine rings is 1. The molecule has 4 rings (SSSR count). The highest BCUT2D eigenvalue weighted by Gasteiger charge is 2.20. The average molecular weight is 343 g/mol. The Morgan fingerprint density at radius 1 is 1.14 bits per heavy atom. The first-order chi connectivity index (χ1) is 10.4. The smallest absolute Gasteiger partial charge is 0.186 e. The Bertz CT molecular complexity index is 624. The third-order valence-corrected chi connectivity index (χ3v) is 4.77. The Morgan fingerprint density at radius 3 is 2.86 bits per heavy atom. The van der Waals surface area contributed by atoms with Crippen LogP contribution in [0.2, 0.25) is 0 Å². The topological polar surface area (TPSA) is 68.1 Å². The Kier molecular flexibility index (Phi) is 4.92. The molecule has 0 spiro atoms. The summed E-state index contributed by atoms with van der Waals surface area (Å²) in [5, 5.41) is 15.2. The molecule has 22 heavy (non-hydrogen) atoms. The van der Waals surface area contributed by atoms with E-state index in [1.165, 1.54) is 0 Å². The second-order valence-electron chi connectivity index (χ2n) is 5.21. The Hall–Kier alpha value is -1.22. The van der Waals surface area contributed by atoms with Gasteiger partial charge in [0.1, 0.15) is 11.5 Å². The van der Waals surface area contributed by atoms with Gasteiger partial charge in [-0.15, -0.1) is 33.9 Å². The van der Waals surface area contributed by atoms with Crippen molar-refractivity contribution < 1.29 is 4.74 Å². The highest BCUT2D eigenvalue weighted by Crippen LogP contribution is 2.27. The lowest BCUT2D eigenvalue weighted by Crippen LogP contribution is -2.36. The molecule has 9 heteroatoms. The van der Waals surface area contributed by atoms with E-state index >= 15 is 0 Å². The first-order valence-corrected chi connectivity index (χ1v) is 8.21. The van der Waals surface area contributed by atoms with Gasteiger partial charge in [-0.1, -0.05) is 0 Å². The molecule has 1 fully saturated rings. The molecule has 0 amide bonds. The SMILES string of the molecule is Cl.c1sc(N2CCOCC2)nc1-c1nnc2n1CCNCC2. The molecule has 0 bridgehead atoms. The van der Waals surface area contributed by atoms with Crippen LogP contribution in [-0.4, -0.2) is 59.1 Å². The van der Waals surface area contributed by atoms with Crippen LogP contribution in [0.4, 0.5) is 5.13 Å². The number of nitrogens with zero attached hydrogens (tertiary/aromatic N) is 5. The molecule has 0 aliphatic carbocycles. The van der Waals surface area contributed by atoms with Crippen molar-refractivity contribution in [1.29, 1.82) is 0 Å². The molecule has 120 valence electrons. The van der Waals surface area contributed by atoms with Crippen molar-refractivity contribution in [3.8, 4) is 11.5 Å². The maximum atomic E-state index is 5.39. The molecule has 2 aliphatic rings. The van der Waals surface area contributed by atoms with Crippen molar-refractivity contribution >= 4 is 28.9 Å². The fraction of sp³-hybridized carbons (Fsp3) is 0.615. The molecule has 4 heterocycles. The van der Waals surface area contributed by atoms with Gasteiger partial charge in [-0.3, -0.25) is 0 Å². The quantitative estimate of drug-likeness (QED) is 0.871. The molecule has 0 aromatic carbocycles. The van der Waals surface area contributed by atoms with Crippen LogP contribution in [0.1, 0.15) is 5.82 Å². The van der Waals surface area contributed by atoms with E-state index in [0.717, 1.165) is 74.8 Å². The third kappa shape index (κ3) is 2.96. The normalized spacial score (nSPS) is 18.5. The number of hydrogen-bond donors (Lipinski definition) is 1. The van der Waals surface area contributed by atoms with Crippen LogP contribution in [0, 0.1) is 0 Å². The van der Waals surface area contributed by atoms with Gasteiger partial charge in [-0.25, -0.2) is 4.98 Å². The maximum absolute atomic E-state index is 5.39. The van der Waals surface area contributed by atoms with Crippen molar-refractivity contribution in [1.82, 2.24) is 25.1 Å². The number of aromatic nitrogens is 4. The predicted octanol–water partition coefficient (Wildman–Crippen LogP) is 0.806. The van der Waals surface area contributed by atoms with Gasteiger partial charge in [-0.05, 0) is 0 Å². The number of anilines is 1. The molecule has 0 unspecified atom stereocenters. The molecule has 0 atom stereocenters. The van der Waals surface area contributed by atoms with E-state index in [4.69, 9.17) is 9.72 Å². The Balaban J connectivity index is 0.00000144. The second-order valence-corrected chi connectivity index (χ2v) is 6.04. The highest BCUT2D eigenvalue weighted by atomic mass is 35.5. The van der Waals surface area contributed by atoms with Gasteiger partial charge in [0, 0.05) is 44.5 Å². The summed E-state index contributed by atoms with van der Waals surface area (Å²) in [6.07, 6.45) is 0.924. The number of thiazole rings is 1. The number of rotatable bonds is 2. The molecule has 2 aromatic heterocycles. The van der Waals surface area contributed by atoms with Crippen LogP contribution in [-0.2, 0) is 17.7 Å². The van der Waals surface area contributed by atoms with Crippen molar-refractivity contribution in [3.05, 3.63) is 11.2 Å². The molecular formula is C13H19ClN6OS. The standard InChI is InChI=1S/C13H18N6OS.ClH/c1-2-14-3-4-19-11(1)16-17-12(19)10-9-21-13(15-10)18-5-7-20-8-6-18;/h9,14H,1-8H2;1H. The summed E-state index contributed by atoms with van der Waals surface area (Å²) in [7, 11) is 0. The molecular weight excluding hydrogens is 324 g/mol. The predicted molar refractivity (Wildman–Crippen MR) is 88.0 cm³/mol. The van der Waals surface area contributed by atoms with Crippen LogP contribution >= 0.6 is 23.7 Å². The monoisotopic (exact) mass is 342 g/mol. The van der Waals surface area contributed by atoms with E-state index in [2.05, 4.69) is 30.4 Å². The number of ether oxygens (including phenoxy) is 1. The van der Waals surface area contributed by atoms with E-state index < -0.39 is 0 Å². The fourth-order valence-corrected chi connectivity index (χ4v) is 3.59. The molecule has 1 N–H and O–H groups in total. The fourth-order valence-electron chi connectivity index (χ4n) is 2.73. The largest absolute Gasteiger partial charge is 0.378 e. The van der Waals surface area contributed by atoms with Gasteiger partial charge in [0.05, 0.1) is 13.2 Å². The summed E-state index contributed by atoms with van der Waals surface area (Å²) < 4.78 is 7.58. The van der Waals surface area contributed by atoms with E-state index in [0.29, 0.717) is 0 Å². The number of hydrogen-bond acceptors (Lipinski definition) is 7. The van der Waals surface area contributed by atoms with Gasteiger partial charge in [0.2, 0.25) is 0 Å². The van der Waals surface area contributed by atoms with Crippen molar-refractivity contribution in [2.45, 2.75) is 13.0 Å². The molecule has 2 aliphatic heterocycles. The summed E-state index contributed by atoms with van der Waals surface area (Å²) in [6.45, 7) is 6.21. The first-order valence-electron chi connectivity index (χ1n) is 7.33. The van der Waals surface area contributed by atoms with Crippen LogP contribution < -0.4 is 10.2 Å². The molecule has 0 radical (unpaired) electrons. The summed E-state index contributed by atoms with van der Waals surface area (Å²) >= 11 is 1.67. The molecule has 1 saturated heterocycles. The van der Waals surface area contributed by atoms with Crippen molar-refractivity contribution in [2.75, 3.05) is 44.3 Å². The summed E-state index contributed by atoms with van der Waals surface area (Å²) in [6, 6.07) is 0. The maximum Gasteiger partial charge on any atom is 0.186 e. The number of halogens is 1. The van der Waals surface area contributed by atoms with Gasteiger partial charge in [0.25, 0.3) is 0 Å². The van der Waals surface area contributed by atoms with Gasteiger partial charge >= 0.3 is 0 Å². The Morgan fingerprint density at radius 2 is 2.00 bits per heavy atom. The summed E-state index contributed by atoms with van der Waals surface area (Å²) in [4.78, 5) is 7.04. The van der Waals surface area contributed by atoms with Crippen LogP contribution in [0.3, 0.4) is 0 Å². The molecule has 0 saturated carbocycles. The third-order valence-electron chi connectivity index (χ3n) is 3.87. The highest BCUT2D eigenvalue weighted by molar-refractivity contribution is 7.14. The van der Waals surface area contributed by atoms with Crippen LogP contribution in [0.15, 0.2) is 5.38 Å². The summed E-state index contributed by atoms with van der Waals surface area (Å²) in [5.74, 6) is 1.94. The van der Waals surface area contributed by atoms with Gasteiger partial charge in [-0.2, -0.15) is 0 Å². The van der Waals surface area contributed by atoms with Crippen molar-refractivity contribution in [3.63, 3.8) is 0 Å². The summed E-state index contributed by atoms with van der Waals surface area (Å²) in [5.41, 5.74) is 0.933. The van der Waals surface area contributed by atoms with E-state index in [9.17, 15) is 0 Å². The molecule has 7 nitrogen and oxygen atoms in total. The first kappa shape index (κ1) is 15.7. The van der Waals surface area contributed by atoms with Crippen molar-refractivity contribution in [2.24, 2.45) is 0 Å². The van der Waals surface area contributed by atoms with E-state index in [1.54, 1.807) is 11.3 Å². The van der Waals surface area contributed by atoms with Gasteiger partial charge in [0.15, 0.2) is 11.0 Å². The number of nitrogens with one attached hydrogen (secondary N) is 1.